The van der Waals surface area contributed by atoms with Crippen molar-refractivity contribution in [1.82, 2.24) is 10.6 Å². The van der Waals surface area contributed by atoms with Gasteiger partial charge in [0.2, 0.25) is 0 Å². The van der Waals surface area contributed by atoms with Crippen LogP contribution in [0.4, 0.5) is 10.5 Å². The molecule has 8 heteroatoms. The average molecular weight is 370 g/mol. The number of carboxylic acids is 1. The first kappa shape index (κ1) is 20.8. The van der Waals surface area contributed by atoms with Crippen molar-refractivity contribution in [2.75, 3.05) is 5.32 Å². The number of hydrogen-bond donors (Lipinski definition) is 4. The van der Waals surface area contributed by atoms with Gasteiger partial charge in [-0.05, 0) is 45.4 Å². The van der Waals surface area contributed by atoms with Gasteiger partial charge in [-0.15, -0.1) is 0 Å². The van der Waals surface area contributed by atoms with Crippen molar-refractivity contribution in [3.8, 4) is 0 Å². The Hall–Kier alpha value is -2.28. The van der Waals surface area contributed by atoms with Crippen LogP contribution in [0.5, 0.6) is 0 Å². The zero-order chi connectivity index (χ0) is 19.2. The normalized spacial score (nSPS) is 12.2. The van der Waals surface area contributed by atoms with Crippen LogP contribution in [0.2, 0.25) is 5.02 Å². The lowest BCUT2D eigenvalue weighted by Gasteiger charge is -2.21. The highest BCUT2D eigenvalue weighted by Crippen LogP contribution is 2.21. The summed E-state index contributed by atoms with van der Waals surface area (Å²) >= 11 is 6.04. The van der Waals surface area contributed by atoms with Gasteiger partial charge in [-0.2, -0.15) is 0 Å². The molecule has 138 valence electrons. The second-order valence-electron chi connectivity index (χ2n) is 6.68. The van der Waals surface area contributed by atoms with E-state index in [0.29, 0.717) is 18.5 Å². The van der Waals surface area contributed by atoms with Gasteiger partial charge in [-0.3, -0.25) is 4.79 Å². The van der Waals surface area contributed by atoms with Gasteiger partial charge in [-0.1, -0.05) is 24.9 Å². The first-order valence-corrected chi connectivity index (χ1v) is 8.33. The van der Waals surface area contributed by atoms with E-state index in [1.165, 1.54) is 12.1 Å². The standard InChI is InChI=1S/C17H24ClN3O4/c1-5-6-13(15(23)24)20-14(22)11-9-10(7-8-12(11)18)19-16(25)21-17(2,3)4/h7-9,13H,5-6H2,1-4H3,(H,20,22)(H,23,24)(H2,19,21,25). The highest BCUT2D eigenvalue weighted by Gasteiger charge is 2.21. The summed E-state index contributed by atoms with van der Waals surface area (Å²) in [7, 11) is 0. The number of rotatable bonds is 6. The van der Waals surface area contributed by atoms with Crippen LogP contribution in [0, 0.1) is 0 Å². The van der Waals surface area contributed by atoms with E-state index in [2.05, 4.69) is 16.0 Å². The van der Waals surface area contributed by atoms with Gasteiger partial charge in [0.1, 0.15) is 6.04 Å². The minimum Gasteiger partial charge on any atom is -0.480 e. The van der Waals surface area contributed by atoms with Gasteiger partial charge >= 0.3 is 12.0 Å². The monoisotopic (exact) mass is 369 g/mol. The summed E-state index contributed by atoms with van der Waals surface area (Å²) in [6.07, 6.45) is 0.921. The van der Waals surface area contributed by atoms with E-state index in [-0.39, 0.29) is 10.6 Å². The number of amides is 3. The van der Waals surface area contributed by atoms with Gasteiger partial charge in [0.25, 0.3) is 5.91 Å². The molecular formula is C17H24ClN3O4. The molecule has 1 rings (SSSR count). The van der Waals surface area contributed by atoms with E-state index in [1.54, 1.807) is 6.07 Å². The minimum absolute atomic E-state index is 0.0950. The summed E-state index contributed by atoms with van der Waals surface area (Å²) in [5.41, 5.74) is 0.0576. The summed E-state index contributed by atoms with van der Waals surface area (Å²) in [6.45, 7) is 7.35. The van der Waals surface area contributed by atoms with Gasteiger partial charge in [0, 0.05) is 11.2 Å². The summed E-state index contributed by atoms with van der Waals surface area (Å²) in [5.74, 6) is -1.71. The van der Waals surface area contributed by atoms with E-state index in [9.17, 15) is 14.4 Å². The second kappa shape index (κ2) is 8.71. The molecular weight excluding hydrogens is 346 g/mol. The maximum atomic E-state index is 12.3. The zero-order valence-electron chi connectivity index (χ0n) is 14.8. The lowest BCUT2D eigenvalue weighted by atomic mass is 10.1. The maximum Gasteiger partial charge on any atom is 0.326 e. The van der Waals surface area contributed by atoms with Crippen molar-refractivity contribution in [2.24, 2.45) is 0 Å². The van der Waals surface area contributed by atoms with Crippen molar-refractivity contribution in [2.45, 2.75) is 52.1 Å². The SMILES string of the molecule is CCCC(NC(=O)c1cc(NC(=O)NC(C)(C)C)ccc1Cl)C(=O)O. The molecule has 0 fully saturated rings. The molecule has 7 nitrogen and oxygen atoms in total. The van der Waals surface area contributed by atoms with Crippen molar-refractivity contribution in [3.63, 3.8) is 0 Å². The largest absolute Gasteiger partial charge is 0.480 e. The van der Waals surface area contributed by atoms with Crippen LogP contribution in [-0.4, -0.2) is 34.6 Å². The van der Waals surface area contributed by atoms with E-state index in [0.717, 1.165) is 0 Å². The van der Waals surface area contributed by atoms with E-state index < -0.39 is 29.5 Å². The first-order chi connectivity index (χ1) is 11.5. The van der Waals surface area contributed by atoms with Crippen LogP contribution < -0.4 is 16.0 Å². The van der Waals surface area contributed by atoms with Crippen LogP contribution in [-0.2, 0) is 4.79 Å². The average Bonchev–Trinajstić information content (AvgIpc) is 2.46. The Morgan fingerprint density at radius 1 is 1.24 bits per heavy atom. The van der Waals surface area contributed by atoms with Crippen LogP contribution in [0.15, 0.2) is 18.2 Å². The van der Waals surface area contributed by atoms with Crippen molar-refractivity contribution < 1.29 is 19.5 Å². The third kappa shape index (κ3) is 7.01. The molecule has 0 aliphatic carbocycles. The highest BCUT2D eigenvalue weighted by atomic mass is 35.5. The topological polar surface area (TPSA) is 108 Å². The Bertz CT molecular complexity index is 656. The summed E-state index contributed by atoms with van der Waals surface area (Å²) < 4.78 is 0. The van der Waals surface area contributed by atoms with Gasteiger partial charge < -0.3 is 21.1 Å². The number of urea groups is 1. The van der Waals surface area contributed by atoms with Crippen LogP contribution in [0.1, 0.15) is 50.9 Å². The molecule has 3 amide bonds. The molecule has 0 heterocycles. The maximum absolute atomic E-state index is 12.3. The fraction of sp³-hybridized carbons (Fsp3) is 0.471. The molecule has 0 radical (unpaired) electrons. The number of nitrogens with one attached hydrogen (secondary N) is 3. The number of halogens is 1. The predicted octanol–water partition coefficient (Wildman–Crippen LogP) is 3.24. The fourth-order valence-corrected chi connectivity index (χ4v) is 2.27. The molecule has 0 aromatic heterocycles. The Kier molecular flexibility index (Phi) is 7.23. The summed E-state index contributed by atoms with van der Waals surface area (Å²) in [6, 6.07) is 3.02. The van der Waals surface area contributed by atoms with Gasteiger partial charge in [0.05, 0.1) is 10.6 Å². The summed E-state index contributed by atoms with van der Waals surface area (Å²) in [4.78, 5) is 35.4. The molecule has 4 N–H and O–H groups in total. The third-order valence-corrected chi connectivity index (χ3v) is 3.47. The van der Waals surface area contributed by atoms with E-state index >= 15 is 0 Å². The molecule has 0 aliphatic rings. The zero-order valence-corrected chi connectivity index (χ0v) is 15.5. The van der Waals surface area contributed by atoms with Crippen molar-refractivity contribution >= 4 is 35.2 Å². The molecule has 0 saturated heterocycles. The Morgan fingerprint density at radius 3 is 2.40 bits per heavy atom. The molecule has 0 spiro atoms. The van der Waals surface area contributed by atoms with Crippen molar-refractivity contribution in [1.29, 1.82) is 0 Å². The molecule has 0 bridgehead atoms. The van der Waals surface area contributed by atoms with E-state index in [1.807, 2.05) is 27.7 Å². The number of aliphatic carboxylic acids is 1. The van der Waals surface area contributed by atoms with Gasteiger partial charge in [0.15, 0.2) is 0 Å². The Labute approximate surface area is 152 Å². The minimum atomic E-state index is -1.11. The lowest BCUT2D eigenvalue weighted by Crippen LogP contribution is -2.43. The Balaban J connectivity index is 2.91. The number of anilines is 1. The molecule has 1 aromatic carbocycles. The molecule has 1 atom stereocenters. The van der Waals surface area contributed by atoms with Gasteiger partial charge in [-0.25, -0.2) is 9.59 Å². The van der Waals surface area contributed by atoms with Crippen LogP contribution in [0.25, 0.3) is 0 Å². The quantitative estimate of drug-likeness (QED) is 0.617. The second-order valence-corrected chi connectivity index (χ2v) is 7.08. The lowest BCUT2D eigenvalue weighted by molar-refractivity contribution is -0.139. The highest BCUT2D eigenvalue weighted by molar-refractivity contribution is 6.34. The number of hydrogen-bond acceptors (Lipinski definition) is 3. The number of benzene rings is 1. The first-order valence-electron chi connectivity index (χ1n) is 7.96. The van der Waals surface area contributed by atoms with Crippen molar-refractivity contribution in [3.05, 3.63) is 28.8 Å². The molecule has 0 saturated carbocycles. The number of carbonyl (C=O) groups is 3. The van der Waals surface area contributed by atoms with Crippen LogP contribution >= 0.6 is 11.6 Å². The molecule has 1 aromatic rings. The summed E-state index contributed by atoms with van der Waals surface area (Å²) in [5, 5.41) is 17.1. The smallest absolute Gasteiger partial charge is 0.326 e. The molecule has 1 unspecified atom stereocenters. The predicted molar refractivity (Wildman–Crippen MR) is 97.2 cm³/mol. The molecule has 25 heavy (non-hydrogen) atoms. The number of carboxylic acid groups (broad SMARTS) is 1. The Morgan fingerprint density at radius 2 is 1.88 bits per heavy atom. The fourth-order valence-electron chi connectivity index (χ4n) is 2.06. The van der Waals surface area contributed by atoms with Crippen LogP contribution in [0.3, 0.4) is 0 Å². The third-order valence-electron chi connectivity index (χ3n) is 3.14. The van der Waals surface area contributed by atoms with E-state index in [4.69, 9.17) is 16.7 Å². The number of carbonyl (C=O) groups excluding carboxylic acids is 2. The molecule has 0 aliphatic heterocycles.